The number of hydrogen-bond donors (Lipinski definition) is 1. The van der Waals surface area contributed by atoms with Crippen LogP contribution in [0.25, 0.3) is 0 Å². The SMILES string of the molecule is CC(Oc1cccc(Cl)c1)C(=O)NC(C)C(C)C. The first-order valence-electron chi connectivity index (χ1n) is 6.12. The summed E-state index contributed by atoms with van der Waals surface area (Å²) in [5.74, 6) is 0.880. The molecular formula is C14H20ClNO2. The van der Waals surface area contributed by atoms with Gasteiger partial charge in [-0.25, -0.2) is 0 Å². The van der Waals surface area contributed by atoms with E-state index in [1.807, 2.05) is 6.92 Å². The molecule has 1 rings (SSSR count). The fourth-order valence-electron chi connectivity index (χ4n) is 1.31. The van der Waals surface area contributed by atoms with Gasteiger partial charge in [0.2, 0.25) is 0 Å². The molecule has 0 spiro atoms. The molecule has 1 aromatic carbocycles. The van der Waals surface area contributed by atoms with Crippen LogP contribution in [0, 0.1) is 5.92 Å². The standard InChI is InChI=1S/C14H20ClNO2/c1-9(2)10(3)16-14(17)11(4)18-13-7-5-6-12(15)8-13/h5-11H,1-4H3,(H,16,17). The van der Waals surface area contributed by atoms with Crippen LogP contribution in [0.3, 0.4) is 0 Å². The van der Waals surface area contributed by atoms with E-state index >= 15 is 0 Å². The summed E-state index contributed by atoms with van der Waals surface area (Å²) in [7, 11) is 0. The topological polar surface area (TPSA) is 38.3 Å². The molecule has 0 radical (unpaired) electrons. The van der Waals surface area contributed by atoms with Gasteiger partial charge in [0.1, 0.15) is 5.75 Å². The predicted molar refractivity (Wildman–Crippen MR) is 74.0 cm³/mol. The van der Waals surface area contributed by atoms with Crippen LogP contribution in [0.2, 0.25) is 5.02 Å². The lowest BCUT2D eigenvalue weighted by atomic mass is 10.1. The molecule has 0 aliphatic heterocycles. The van der Waals surface area contributed by atoms with Crippen molar-refractivity contribution in [2.24, 2.45) is 5.92 Å². The number of ether oxygens (including phenoxy) is 1. The summed E-state index contributed by atoms with van der Waals surface area (Å²) in [6.07, 6.45) is -0.537. The highest BCUT2D eigenvalue weighted by atomic mass is 35.5. The van der Waals surface area contributed by atoms with Crippen molar-refractivity contribution in [3.8, 4) is 5.75 Å². The molecular weight excluding hydrogens is 250 g/mol. The van der Waals surface area contributed by atoms with Crippen molar-refractivity contribution < 1.29 is 9.53 Å². The summed E-state index contributed by atoms with van der Waals surface area (Å²) >= 11 is 5.85. The van der Waals surface area contributed by atoms with Crippen molar-refractivity contribution in [2.45, 2.75) is 39.8 Å². The van der Waals surface area contributed by atoms with E-state index in [2.05, 4.69) is 19.2 Å². The van der Waals surface area contributed by atoms with Gasteiger partial charge < -0.3 is 10.1 Å². The molecule has 2 atom stereocenters. The Labute approximate surface area is 113 Å². The van der Waals surface area contributed by atoms with Gasteiger partial charge in [-0.05, 0) is 38.0 Å². The lowest BCUT2D eigenvalue weighted by Gasteiger charge is -2.21. The van der Waals surface area contributed by atoms with Crippen LogP contribution in [-0.4, -0.2) is 18.1 Å². The molecule has 18 heavy (non-hydrogen) atoms. The Morgan fingerprint density at radius 2 is 1.94 bits per heavy atom. The maximum Gasteiger partial charge on any atom is 0.260 e. The average Bonchev–Trinajstić information content (AvgIpc) is 2.28. The Morgan fingerprint density at radius 3 is 2.50 bits per heavy atom. The summed E-state index contributed by atoms with van der Waals surface area (Å²) < 4.78 is 5.54. The number of carbonyl (C=O) groups excluding carboxylic acids is 1. The maximum atomic E-state index is 11.9. The predicted octanol–water partition coefficient (Wildman–Crippen LogP) is 3.27. The van der Waals surface area contributed by atoms with Gasteiger partial charge in [-0.15, -0.1) is 0 Å². The second-order valence-electron chi connectivity index (χ2n) is 4.76. The van der Waals surface area contributed by atoms with E-state index in [1.54, 1.807) is 31.2 Å². The van der Waals surface area contributed by atoms with Crippen molar-refractivity contribution in [3.63, 3.8) is 0 Å². The minimum atomic E-state index is -0.537. The number of benzene rings is 1. The Bertz CT molecular complexity index is 407. The third kappa shape index (κ3) is 4.57. The maximum absolute atomic E-state index is 11.9. The van der Waals surface area contributed by atoms with Crippen molar-refractivity contribution in [1.29, 1.82) is 0 Å². The fourth-order valence-corrected chi connectivity index (χ4v) is 1.49. The van der Waals surface area contributed by atoms with Gasteiger partial charge in [0.05, 0.1) is 0 Å². The molecule has 0 saturated carbocycles. The monoisotopic (exact) mass is 269 g/mol. The quantitative estimate of drug-likeness (QED) is 0.891. The third-order valence-corrected chi connectivity index (χ3v) is 3.08. The summed E-state index contributed by atoms with van der Waals surface area (Å²) in [6.45, 7) is 7.83. The molecule has 3 nitrogen and oxygen atoms in total. The Balaban J connectivity index is 2.55. The van der Waals surface area contributed by atoms with Gasteiger partial charge in [-0.2, -0.15) is 0 Å². The van der Waals surface area contributed by atoms with Crippen LogP contribution < -0.4 is 10.1 Å². The molecule has 1 N–H and O–H groups in total. The number of halogens is 1. The van der Waals surface area contributed by atoms with E-state index < -0.39 is 6.10 Å². The van der Waals surface area contributed by atoms with Crippen LogP contribution in [0.5, 0.6) is 5.75 Å². The Kier molecular flexibility index (Phi) is 5.48. The second-order valence-corrected chi connectivity index (χ2v) is 5.20. The highest BCUT2D eigenvalue weighted by molar-refractivity contribution is 6.30. The van der Waals surface area contributed by atoms with E-state index in [-0.39, 0.29) is 11.9 Å². The van der Waals surface area contributed by atoms with Gasteiger partial charge in [0, 0.05) is 11.1 Å². The zero-order chi connectivity index (χ0) is 13.7. The summed E-state index contributed by atoms with van der Waals surface area (Å²) in [5.41, 5.74) is 0. The molecule has 1 amide bonds. The average molecular weight is 270 g/mol. The van der Waals surface area contributed by atoms with Crippen LogP contribution in [0.4, 0.5) is 0 Å². The van der Waals surface area contributed by atoms with Crippen LogP contribution in [-0.2, 0) is 4.79 Å². The Hall–Kier alpha value is -1.22. The minimum Gasteiger partial charge on any atom is -0.481 e. The first kappa shape index (κ1) is 14.8. The number of nitrogens with one attached hydrogen (secondary N) is 1. The number of rotatable bonds is 5. The van der Waals surface area contributed by atoms with Gasteiger partial charge in [-0.3, -0.25) is 4.79 Å². The molecule has 0 aliphatic rings. The first-order chi connectivity index (χ1) is 8.40. The highest BCUT2D eigenvalue weighted by Gasteiger charge is 2.18. The summed E-state index contributed by atoms with van der Waals surface area (Å²) in [4.78, 5) is 11.9. The van der Waals surface area contributed by atoms with E-state index in [1.165, 1.54) is 0 Å². The van der Waals surface area contributed by atoms with E-state index in [9.17, 15) is 4.79 Å². The largest absolute Gasteiger partial charge is 0.481 e. The Morgan fingerprint density at radius 1 is 1.28 bits per heavy atom. The van der Waals surface area contributed by atoms with Gasteiger partial charge in [0.15, 0.2) is 6.10 Å². The van der Waals surface area contributed by atoms with Crippen molar-refractivity contribution in [2.75, 3.05) is 0 Å². The number of carbonyl (C=O) groups is 1. The van der Waals surface area contributed by atoms with Crippen LogP contribution >= 0.6 is 11.6 Å². The van der Waals surface area contributed by atoms with Crippen LogP contribution in [0.1, 0.15) is 27.7 Å². The zero-order valence-corrected chi connectivity index (χ0v) is 12.0. The smallest absolute Gasteiger partial charge is 0.260 e. The summed E-state index contributed by atoms with van der Waals surface area (Å²) in [6, 6.07) is 7.15. The molecule has 100 valence electrons. The lowest BCUT2D eigenvalue weighted by Crippen LogP contribution is -2.43. The molecule has 0 heterocycles. The molecule has 0 fully saturated rings. The van der Waals surface area contributed by atoms with Gasteiger partial charge in [0.25, 0.3) is 5.91 Å². The van der Waals surface area contributed by atoms with Crippen LogP contribution in [0.15, 0.2) is 24.3 Å². The summed E-state index contributed by atoms with van der Waals surface area (Å²) in [5, 5.41) is 3.51. The number of hydrogen-bond acceptors (Lipinski definition) is 2. The van der Waals surface area contributed by atoms with Crippen molar-refractivity contribution >= 4 is 17.5 Å². The molecule has 0 bridgehead atoms. The van der Waals surface area contributed by atoms with Gasteiger partial charge >= 0.3 is 0 Å². The second kappa shape index (κ2) is 6.64. The van der Waals surface area contributed by atoms with Gasteiger partial charge in [-0.1, -0.05) is 31.5 Å². The lowest BCUT2D eigenvalue weighted by molar-refractivity contribution is -0.128. The molecule has 4 heteroatoms. The molecule has 0 aliphatic carbocycles. The van der Waals surface area contributed by atoms with E-state index in [4.69, 9.17) is 16.3 Å². The zero-order valence-electron chi connectivity index (χ0n) is 11.2. The fraction of sp³-hybridized carbons (Fsp3) is 0.500. The molecule has 1 aromatic rings. The minimum absolute atomic E-state index is 0.115. The molecule has 0 saturated heterocycles. The van der Waals surface area contributed by atoms with E-state index in [0.29, 0.717) is 16.7 Å². The van der Waals surface area contributed by atoms with Crippen molar-refractivity contribution in [1.82, 2.24) is 5.32 Å². The molecule has 0 aromatic heterocycles. The third-order valence-electron chi connectivity index (χ3n) is 2.85. The van der Waals surface area contributed by atoms with Crippen molar-refractivity contribution in [3.05, 3.63) is 29.3 Å². The first-order valence-corrected chi connectivity index (χ1v) is 6.50. The highest BCUT2D eigenvalue weighted by Crippen LogP contribution is 2.18. The molecule has 2 unspecified atom stereocenters. The normalized spacial score (nSPS) is 14.1. The number of amides is 1. The van der Waals surface area contributed by atoms with E-state index in [0.717, 1.165) is 0 Å².